The van der Waals surface area contributed by atoms with Crippen LogP contribution in [0.15, 0.2) is 18.2 Å². The van der Waals surface area contributed by atoms with Gasteiger partial charge in [-0.15, -0.1) is 0 Å². The van der Waals surface area contributed by atoms with Crippen molar-refractivity contribution in [2.75, 3.05) is 25.1 Å². The third-order valence-electron chi connectivity index (χ3n) is 2.98. The van der Waals surface area contributed by atoms with Gasteiger partial charge < -0.3 is 9.64 Å². The van der Waals surface area contributed by atoms with E-state index in [1.807, 2.05) is 4.90 Å². The van der Waals surface area contributed by atoms with Crippen LogP contribution < -0.4 is 9.64 Å². The van der Waals surface area contributed by atoms with Crippen molar-refractivity contribution in [1.29, 1.82) is 0 Å². The van der Waals surface area contributed by atoms with Crippen LogP contribution in [-0.2, 0) is 0 Å². The number of anilines is 1. The fourth-order valence-electron chi connectivity index (χ4n) is 1.99. The van der Waals surface area contributed by atoms with Crippen LogP contribution >= 0.6 is 11.6 Å². The Labute approximate surface area is 104 Å². The van der Waals surface area contributed by atoms with Crippen molar-refractivity contribution in [3.63, 3.8) is 0 Å². The van der Waals surface area contributed by atoms with Gasteiger partial charge in [-0.25, -0.2) is 8.78 Å². The highest BCUT2D eigenvalue weighted by atomic mass is 35.5. The summed E-state index contributed by atoms with van der Waals surface area (Å²) in [5, 5.41) is 0.582. The van der Waals surface area contributed by atoms with E-state index in [1.54, 1.807) is 25.3 Å². The molecule has 94 valence electrons. The van der Waals surface area contributed by atoms with Crippen LogP contribution in [0.4, 0.5) is 14.5 Å². The van der Waals surface area contributed by atoms with E-state index >= 15 is 0 Å². The molecule has 2 rings (SSSR count). The van der Waals surface area contributed by atoms with E-state index in [9.17, 15) is 8.78 Å². The smallest absolute Gasteiger partial charge is 0.251 e. The molecule has 0 aromatic heterocycles. The first-order chi connectivity index (χ1) is 8.02. The molecule has 1 fully saturated rings. The zero-order valence-electron chi connectivity index (χ0n) is 9.55. The molecule has 0 spiro atoms. The summed E-state index contributed by atoms with van der Waals surface area (Å²) in [4.78, 5) is 1.89. The minimum atomic E-state index is -2.54. The maximum atomic E-state index is 13.1. The Balaban J connectivity index is 2.20. The zero-order valence-corrected chi connectivity index (χ0v) is 10.3. The molecule has 0 bridgehead atoms. The predicted molar refractivity (Wildman–Crippen MR) is 64.4 cm³/mol. The molecule has 5 heteroatoms. The molecule has 0 amide bonds. The van der Waals surface area contributed by atoms with E-state index in [0.717, 1.165) is 5.69 Å². The lowest BCUT2D eigenvalue weighted by atomic mass is 10.1. The Morgan fingerprint density at radius 2 is 1.94 bits per heavy atom. The van der Waals surface area contributed by atoms with Crippen molar-refractivity contribution in [3.8, 4) is 5.75 Å². The predicted octanol–water partition coefficient (Wildman–Crippen LogP) is 3.58. The van der Waals surface area contributed by atoms with Crippen LogP contribution in [0.2, 0.25) is 5.02 Å². The molecule has 0 saturated carbocycles. The van der Waals surface area contributed by atoms with Gasteiger partial charge in [0, 0.05) is 31.0 Å². The fourth-order valence-corrected chi connectivity index (χ4v) is 2.15. The van der Waals surface area contributed by atoms with Crippen LogP contribution in [0, 0.1) is 0 Å². The number of hydrogen-bond acceptors (Lipinski definition) is 2. The highest BCUT2D eigenvalue weighted by molar-refractivity contribution is 6.30. The van der Waals surface area contributed by atoms with Crippen LogP contribution in [0.25, 0.3) is 0 Å². The Bertz CT molecular complexity index is 401. The molecule has 1 aliphatic heterocycles. The van der Waals surface area contributed by atoms with E-state index in [4.69, 9.17) is 16.3 Å². The standard InChI is InChI=1S/C12H14ClF2NO/c1-17-11-3-2-9(13)8-10(11)16-6-4-12(14,15)5-7-16/h2-3,8H,4-7H2,1H3. The van der Waals surface area contributed by atoms with Gasteiger partial charge in [-0.3, -0.25) is 0 Å². The second-order valence-electron chi connectivity index (χ2n) is 4.16. The van der Waals surface area contributed by atoms with Crippen molar-refractivity contribution in [3.05, 3.63) is 23.2 Å². The molecule has 0 atom stereocenters. The maximum Gasteiger partial charge on any atom is 0.251 e. The van der Waals surface area contributed by atoms with Crippen molar-refractivity contribution >= 4 is 17.3 Å². The van der Waals surface area contributed by atoms with Gasteiger partial charge in [-0.1, -0.05) is 11.6 Å². The molecule has 0 N–H and O–H groups in total. The molecular formula is C12H14ClF2NO. The summed E-state index contributed by atoms with van der Waals surface area (Å²) < 4.78 is 31.4. The van der Waals surface area contributed by atoms with E-state index in [-0.39, 0.29) is 12.8 Å². The van der Waals surface area contributed by atoms with Gasteiger partial charge in [0.05, 0.1) is 12.8 Å². The van der Waals surface area contributed by atoms with Gasteiger partial charge in [0.2, 0.25) is 0 Å². The van der Waals surface area contributed by atoms with Crippen molar-refractivity contribution in [1.82, 2.24) is 0 Å². The quantitative estimate of drug-likeness (QED) is 0.807. The number of halogens is 3. The van der Waals surface area contributed by atoms with Gasteiger partial charge in [0.1, 0.15) is 5.75 Å². The minimum absolute atomic E-state index is 0.122. The van der Waals surface area contributed by atoms with Gasteiger partial charge in [-0.05, 0) is 18.2 Å². The van der Waals surface area contributed by atoms with Crippen LogP contribution in [0.5, 0.6) is 5.75 Å². The minimum Gasteiger partial charge on any atom is -0.495 e. The van der Waals surface area contributed by atoms with Gasteiger partial charge >= 0.3 is 0 Å². The van der Waals surface area contributed by atoms with Crippen molar-refractivity contribution in [2.24, 2.45) is 0 Å². The third kappa shape index (κ3) is 2.80. The summed E-state index contributed by atoms with van der Waals surface area (Å²) in [6.45, 7) is 0.646. The molecule has 1 aliphatic rings. The zero-order chi connectivity index (χ0) is 12.5. The normalized spacial score (nSPS) is 19.2. The molecule has 2 nitrogen and oxygen atoms in total. The second kappa shape index (κ2) is 4.69. The summed E-state index contributed by atoms with van der Waals surface area (Å²) in [5.74, 6) is -1.87. The molecule has 0 radical (unpaired) electrons. The van der Waals surface area contributed by atoms with Gasteiger partial charge in [0.15, 0.2) is 0 Å². The Kier molecular flexibility index (Phi) is 3.43. The average Bonchev–Trinajstić information content (AvgIpc) is 2.29. The summed E-state index contributed by atoms with van der Waals surface area (Å²) in [6, 6.07) is 5.23. The van der Waals surface area contributed by atoms with Crippen LogP contribution in [0.1, 0.15) is 12.8 Å². The number of nitrogens with zero attached hydrogens (tertiary/aromatic N) is 1. The highest BCUT2D eigenvalue weighted by Gasteiger charge is 2.34. The Hall–Kier alpha value is -1.03. The first kappa shape index (κ1) is 12.4. The second-order valence-corrected chi connectivity index (χ2v) is 4.60. The lowest BCUT2D eigenvalue weighted by molar-refractivity contribution is -0.0221. The topological polar surface area (TPSA) is 12.5 Å². The fraction of sp³-hybridized carbons (Fsp3) is 0.500. The molecule has 0 unspecified atom stereocenters. The number of rotatable bonds is 2. The number of piperidine rings is 1. The van der Waals surface area contributed by atoms with E-state index < -0.39 is 5.92 Å². The van der Waals surface area contributed by atoms with Gasteiger partial charge in [0.25, 0.3) is 5.92 Å². The summed E-state index contributed by atoms with van der Waals surface area (Å²) in [6.07, 6.45) is -0.245. The highest BCUT2D eigenvalue weighted by Crippen LogP contribution is 2.36. The van der Waals surface area contributed by atoms with Crippen molar-refractivity contribution in [2.45, 2.75) is 18.8 Å². The molecule has 0 aliphatic carbocycles. The average molecular weight is 262 g/mol. The lowest BCUT2D eigenvalue weighted by Crippen LogP contribution is -2.39. The Morgan fingerprint density at radius 1 is 1.29 bits per heavy atom. The Morgan fingerprint density at radius 3 is 2.53 bits per heavy atom. The number of hydrogen-bond donors (Lipinski definition) is 0. The SMILES string of the molecule is COc1ccc(Cl)cc1N1CCC(F)(F)CC1. The summed E-state index contributed by atoms with van der Waals surface area (Å²) >= 11 is 5.92. The number of alkyl halides is 2. The first-order valence-electron chi connectivity index (χ1n) is 5.48. The monoisotopic (exact) mass is 261 g/mol. The van der Waals surface area contributed by atoms with Gasteiger partial charge in [-0.2, -0.15) is 0 Å². The molecular weight excluding hydrogens is 248 g/mol. The lowest BCUT2D eigenvalue weighted by Gasteiger charge is -2.34. The largest absolute Gasteiger partial charge is 0.495 e. The van der Waals surface area contributed by atoms with E-state index in [1.165, 1.54) is 0 Å². The maximum absolute atomic E-state index is 13.1. The third-order valence-corrected chi connectivity index (χ3v) is 3.21. The molecule has 1 aromatic carbocycles. The summed E-state index contributed by atoms with van der Waals surface area (Å²) in [7, 11) is 1.56. The number of benzene rings is 1. The first-order valence-corrected chi connectivity index (χ1v) is 5.86. The number of methoxy groups -OCH3 is 1. The van der Waals surface area contributed by atoms with Crippen molar-refractivity contribution < 1.29 is 13.5 Å². The molecule has 1 heterocycles. The molecule has 17 heavy (non-hydrogen) atoms. The van der Waals surface area contributed by atoms with Crippen LogP contribution in [0.3, 0.4) is 0 Å². The summed E-state index contributed by atoms with van der Waals surface area (Å²) in [5.41, 5.74) is 0.788. The van der Waals surface area contributed by atoms with E-state index in [0.29, 0.717) is 23.9 Å². The number of ether oxygens (including phenoxy) is 1. The van der Waals surface area contributed by atoms with Crippen LogP contribution in [-0.4, -0.2) is 26.1 Å². The molecule has 1 aromatic rings. The van der Waals surface area contributed by atoms with E-state index in [2.05, 4.69) is 0 Å². The molecule has 1 saturated heterocycles.